The van der Waals surface area contributed by atoms with E-state index in [4.69, 9.17) is 9.47 Å². The number of carbonyl (C=O) groups excluding carboxylic acids is 3. The molecule has 0 saturated heterocycles. The van der Waals surface area contributed by atoms with E-state index in [0.29, 0.717) is 35.1 Å². The summed E-state index contributed by atoms with van der Waals surface area (Å²) < 4.78 is 10.4. The lowest BCUT2D eigenvalue weighted by atomic mass is 10.2. The van der Waals surface area contributed by atoms with Crippen molar-refractivity contribution in [1.82, 2.24) is 0 Å². The molecular formula is C23H25N3O5. The van der Waals surface area contributed by atoms with Crippen LogP contribution in [0.2, 0.25) is 0 Å². The number of hydrogen-bond donors (Lipinski definition) is 2. The number of esters is 1. The molecule has 2 amide bonds. The van der Waals surface area contributed by atoms with E-state index in [9.17, 15) is 14.4 Å². The second-order valence-electron chi connectivity index (χ2n) is 6.72. The molecule has 1 aliphatic rings. The predicted molar refractivity (Wildman–Crippen MR) is 118 cm³/mol. The van der Waals surface area contributed by atoms with Gasteiger partial charge in [0, 0.05) is 17.5 Å². The van der Waals surface area contributed by atoms with E-state index in [1.807, 2.05) is 13.0 Å². The van der Waals surface area contributed by atoms with Crippen LogP contribution >= 0.6 is 0 Å². The van der Waals surface area contributed by atoms with Crippen LogP contribution in [0.3, 0.4) is 0 Å². The summed E-state index contributed by atoms with van der Waals surface area (Å²) >= 11 is 0. The molecule has 0 fully saturated rings. The Balaban J connectivity index is 1.76. The van der Waals surface area contributed by atoms with Gasteiger partial charge >= 0.3 is 5.97 Å². The number of nitrogens with one attached hydrogen (secondary N) is 2. The highest BCUT2D eigenvalue weighted by molar-refractivity contribution is 6.10. The maximum Gasteiger partial charge on any atom is 0.311 e. The molecule has 1 heterocycles. The van der Waals surface area contributed by atoms with Gasteiger partial charge in [-0.05, 0) is 50.2 Å². The molecular weight excluding hydrogens is 398 g/mol. The van der Waals surface area contributed by atoms with E-state index in [0.717, 1.165) is 0 Å². The largest absolute Gasteiger partial charge is 0.494 e. The Morgan fingerprint density at radius 3 is 2.48 bits per heavy atom. The van der Waals surface area contributed by atoms with Gasteiger partial charge in [0.05, 0.1) is 31.0 Å². The van der Waals surface area contributed by atoms with Crippen molar-refractivity contribution < 1.29 is 23.9 Å². The number of hydrogen-bond acceptors (Lipinski definition) is 6. The van der Waals surface area contributed by atoms with Gasteiger partial charge in [-0.15, -0.1) is 0 Å². The average molecular weight is 423 g/mol. The summed E-state index contributed by atoms with van der Waals surface area (Å²) in [6, 6.07) is 14.1. The van der Waals surface area contributed by atoms with Crippen LogP contribution in [-0.4, -0.2) is 37.5 Å². The highest BCUT2D eigenvalue weighted by Crippen LogP contribution is 2.30. The molecule has 0 saturated carbocycles. The van der Waals surface area contributed by atoms with Crippen molar-refractivity contribution in [3.05, 3.63) is 60.3 Å². The summed E-state index contributed by atoms with van der Waals surface area (Å²) in [6.45, 7) is 4.25. The topological polar surface area (TPSA) is 97.0 Å². The minimum atomic E-state index is -0.437. The lowest BCUT2D eigenvalue weighted by Gasteiger charge is -2.21. The smallest absolute Gasteiger partial charge is 0.311 e. The molecule has 8 nitrogen and oxygen atoms in total. The van der Waals surface area contributed by atoms with Gasteiger partial charge in [-0.3, -0.25) is 19.3 Å². The third-order valence-corrected chi connectivity index (χ3v) is 4.44. The zero-order valence-corrected chi connectivity index (χ0v) is 17.5. The summed E-state index contributed by atoms with van der Waals surface area (Å²) in [5.74, 6) is -0.483. The normalized spacial score (nSPS) is 12.8. The van der Waals surface area contributed by atoms with Crippen LogP contribution in [0.15, 0.2) is 60.3 Å². The Labute approximate surface area is 180 Å². The van der Waals surface area contributed by atoms with E-state index < -0.39 is 11.9 Å². The first-order valence-corrected chi connectivity index (χ1v) is 10.1. The molecule has 0 unspecified atom stereocenters. The number of anilines is 3. The minimum Gasteiger partial charge on any atom is -0.494 e. The Morgan fingerprint density at radius 1 is 1.03 bits per heavy atom. The van der Waals surface area contributed by atoms with Gasteiger partial charge in [0.15, 0.2) is 0 Å². The molecule has 2 aromatic rings. The molecule has 8 heteroatoms. The van der Waals surface area contributed by atoms with Crippen LogP contribution in [0.1, 0.15) is 20.3 Å². The lowest BCUT2D eigenvalue weighted by Crippen LogP contribution is -2.37. The first kappa shape index (κ1) is 21.9. The summed E-state index contributed by atoms with van der Waals surface area (Å²) in [4.78, 5) is 38.8. The van der Waals surface area contributed by atoms with Crippen LogP contribution in [-0.2, 0) is 19.1 Å². The van der Waals surface area contributed by atoms with Crippen molar-refractivity contribution >= 4 is 34.8 Å². The van der Waals surface area contributed by atoms with Crippen LogP contribution in [0, 0.1) is 0 Å². The number of nitrogens with zero attached hydrogens (tertiary/aromatic N) is 1. The quantitative estimate of drug-likeness (QED) is 0.633. The SMILES string of the molecule is CCOC(=O)CC1=CC(=O)N(CC(=O)Nc2ccc(OCC)cc2)c2ccccc2N1. The lowest BCUT2D eigenvalue weighted by molar-refractivity contribution is -0.142. The minimum absolute atomic E-state index is 0.0693. The molecule has 0 spiro atoms. The van der Waals surface area contributed by atoms with Gasteiger partial charge in [-0.2, -0.15) is 0 Å². The molecule has 0 bridgehead atoms. The number of rotatable bonds is 8. The highest BCUT2D eigenvalue weighted by Gasteiger charge is 2.25. The Morgan fingerprint density at radius 2 is 1.77 bits per heavy atom. The van der Waals surface area contributed by atoms with E-state index in [1.54, 1.807) is 49.4 Å². The van der Waals surface area contributed by atoms with Crippen molar-refractivity contribution in [3.63, 3.8) is 0 Å². The van der Waals surface area contributed by atoms with Gasteiger partial charge < -0.3 is 20.1 Å². The van der Waals surface area contributed by atoms with Crippen LogP contribution in [0.5, 0.6) is 5.75 Å². The van der Waals surface area contributed by atoms with E-state index in [2.05, 4.69) is 10.6 Å². The molecule has 162 valence electrons. The van der Waals surface area contributed by atoms with E-state index in [-0.39, 0.29) is 25.5 Å². The fourth-order valence-corrected chi connectivity index (χ4v) is 3.14. The number of carbonyl (C=O) groups is 3. The molecule has 2 N–H and O–H groups in total. The van der Waals surface area contributed by atoms with Gasteiger partial charge in [-0.25, -0.2) is 0 Å². The molecule has 31 heavy (non-hydrogen) atoms. The second-order valence-corrected chi connectivity index (χ2v) is 6.72. The number of benzene rings is 2. The molecule has 0 atom stereocenters. The van der Waals surface area contributed by atoms with Crippen molar-refractivity contribution in [2.24, 2.45) is 0 Å². The third kappa shape index (κ3) is 5.85. The summed E-state index contributed by atoms with van der Waals surface area (Å²) in [6.07, 6.45) is 1.25. The maximum atomic E-state index is 12.9. The van der Waals surface area contributed by atoms with E-state index >= 15 is 0 Å². The van der Waals surface area contributed by atoms with Crippen molar-refractivity contribution in [2.75, 3.05) is 35.3 Å². The Kier molecular flexibility index (Phi) is 7.26. The molecule has 3 rings (SSSR count). The van der Waals surface area contributed by atoms with Crippen LogP contribution in [0.4, 0.5) is 17.1 Å². The van der Waals surface area contributed by atoms with Crippen LogP contribution in [0.25, 0.3) is 0 Å². The monoisotopic (exact) mass is 423 g/mol. The number of fused-ring (bicyclic) bond motifs is 1. The Hall–Kier alpha value is -3.81. The van der Waals surface area contributed by atoms with Crippen molar-refractivity contribution in [1.29, 1.82) is 0 Å². The van der Waals surface area contributed by atoms with E-state index in [1.165, 1.54) is 11.0 Å². The van der Waals surface area contributed by atoms with Crippen molar-refractivity contribution in [2.45, 2.75) is 20.3 Å². The molecule has 0 aromatic heterocycles. The van der Waals surface area contributed by atoms with Gasteiger partial charge in [0.2, 0.25) is 5.91 Å². The fourth-order valence-electron chi connectivity index (χ4n) is 3.14. The first-order valence-electron chi connectivity index (χ1n) is 10.1. The second kappa shape index (κ2) is 10.3. The zero-order chi connectivity index (χ0) is 22.2. The van der Waals surface area contributed by atoms with Gasteiger partial charge in [0.1, 0.15) is 12.3 Å². The molecule has 0 aliphatic carbocycles. The standard InChI is InChI=1S/C23H25N3O5/c1-3-30-18-11-9-16(10-12-18)25-21(27)15-26-20-8-6-5-7-19(20)24-17(13-22(26)28)14-23(29)31-4-2/h5-13,24H,3-4,14-15H2,1-2H3,(H,25,27). The third-order valence-electron chi connectivity index (χ3n) is 4.44. The summed E-state index contributed by atoms with van der Waals surface area (Å²) in [5.41, 5.74) is 2.17. The maximum absolute atomic E-state index is 12.9. The van der Waals surface area contributed by atoms with Gasteiger partial charge in [-0.1, -0.05) is 12.1 Å². The first-order chi connectivity index (χ1) is 15.0. The molecule has 0 radical (unpaired) electrons. The summed E-state index contributed by atoms with van der Waals surface area (Å²) in [5, 5.41) is 5.89. The number of ether oxygens (including phenoxy) is 2. The molecule has 2 aromatic carbocycles. The average Bonchev–Trinajstić information content (AvgIpc) is 2.86. The highest BCUT2D eigenvalue weighted by atomic mass is 16.5. The van der Waals surface area contributed by atoms with Crippen LogP contribution < -0.4 is 20.3 Å². The zero-order valence-electron chi connectivity index (χ0n) is 17.5. The van der Waals surface area contributed by atoms with Crippen molar-refractivity contribution in [3.8, 4) is 5.75 Å². The predicted octanol–water partition coefficient (Wildman–Crippen LogP) is 3.32. The summed E-state index contributed by atoms with van der Waals surface area (Å²) in [7, 11) is 0. The number of para-hydroxylation sites is 2. The molecule has 1 aliphatic heterocycles. The van der Waals surface area contributed by atoms with Gasteiger partial charge in [0.25, 0.3) is 5.91 Å². The number of amides is 2. The fraction of sp³-hybridized carbons (Fsp3) is 0.261. The Bertz CT molecular complexity index is 985.